The normalized spacial score (nSPS) is 14.3. The highest BCUT2D eigenvalue weighted by atomic mass is 32.2. The summed E-state index contributed by atoms with van der Waals surface area (Å²) in [5.74, 6) is 2.89. The smallest absolute Gasteiger partial charge is 0.151 e. The Morgan fingerprint density at radius 3 is 2.55 bits per heavy atom. The maximum absolute atomic E-state index is 4.71. The highest BCUT2D eigenvalue weighted by Gasteiger charge is 2.08. The lowest BCUT2D eigenvalue weighted by molar-refractivity contribution is 0.427. The van der Waals surface area contributed by atoms with Crippen LogP contribution in [-0.2, 0) is 0 Å². The Morgan fingerprint density at radius 2 is 1.77 bits per heavy atom. The molecule has 0 N–H and O–H groups in total. The van der Waals surface area contributed by atoms with Gasteiger partial charge in [-0.05, 0) is 30.4 Å². The van der Waals surface area contributed by atoms with Crippen molar-refractivity contribution in [3.63, 3.8) is 0 Å². The topological polar surface area (TPSA) is 12.9 Å². The van der Waals surface area contributed by atoms with Gasteiger partial charge in [0.25, 0.3) is 0 Å². The van der Waals surface area contributed by atoms with Crippen LogP contribution in [0.2, 0.25) is 0 Å². The van der Waals surface area contributed by atoms with E-state index in [1.165, 1.54) is 53.3 Å². The summed E-state index contributed by atoms with van der Waals surface area (Å²) in [6.07, 6.45) is 8.27. The van der Waals surface area contributed by atoms with Gasteiger partial charge in [-0.1, -0.05) is 76.8 Å². The van der Waals surface area contributed by atoms with Crippen molar-refractivity contribution in [1.82, 2.24) is 4.98 Å². The summed E-state index contributed by atoms with van der Waals surface area (Å²) >= 11 is 3.76. The minimum atomic E-state index is 0.787. The molecule has 1 nitrogen and oxygen atoms in total. The number of unbranched alkanes of at least 4 members (excludes halogenated alkanes) is 1. The summed E-state index contributed by atoms with van der Waals surface area (Å²) in [5, 5.41) is 0. The van der Waals surface area contributed by atoms with Gasteiger partial charge in [-0.15, -0.1) is 11.3 Å². The molecule has 0 aliphatic carbocycles. The fraction of sp³-hybridized carbons (Fsp3) is 0.632. The molecule has 0 saturated carbocycles. The van der Waals surface area contributed by atoms with Crippen molar-refractivity contribution < 1.29 is 0 Å². The fourth-order valence-corrected chi connectivity index (χ4v) is 4.88. The maximum Gasteiger partial charge on any atom is 0.151 e. The lowest BCUT2D eigenvalue weighted by Gasteiger charge is -2.13. The van der Waals surface area contributed by atoms with Gasteiger partial charge in [0.15, 0.2) is 4.34 Å². The van der Waals surface area contributed by atoms with Gasteiger partial charge in [0.05, 0.1) is 10.2 Å². The number of nitrogens with zero attached hydrogens (tertiary/aromatic N) is 1. The van der Waals surface area contributed by atoms with E-state index in [1.807, 2.05) is 23.1 Å². The Morgan fingerprint density at radius 1 is 1.05 bits per heavy atom. The first kappa shape index (κ1) is 17.8. The fourth-order valence-electron chi connectivity index (χ4n) is 2.72. The summed E-state index contributed by atoms with van der Waals surface area (Å²) in [6, 6.07) is 8.44. The molecule has 122 valence electrons. The van der Waals surface area contributed by atoms with Crippen LogP contribution in [0.15, 0.2) is 28.6 Å². The SMILES string of the molecule is CCCC[C@@H](C)CCC[C@H](C)CSc1nc2ccccc2s1. The standard InChI is InChI=1S/C19H29NS2/c1-4-5-9-15(2)10-8-11-16(3)14-21-19-20-17-12-6-7-13-18(17)22-19/h6-7,12-13,15-16H,4-5,8-11,14H2,1-3H3/t15-,16+/m1/s1. The van der Waals surface area contributed by atoms with E-state index < -0.39 is 0 Å². The molecule has 0 amide bonds. The summed E-state index contributed by atoms with van der Waals surface area (Å²) in [7, 11) is 0. The molecule has 22 heavy (non-hydrogen) atoms. The molecule has 1 heterocycles. The van der Waals surface area contributed by atoms with Gasteiger partial charge in [0.1, 0.15) is 0 Å². The Hall–Kier alpha value is -0.540. The van der Waals surface area contributed by atoms with E-state index in [0.717, 1.165) is 17.4 Å². The molecule has 1 aromatic carbocycles. The number of thiazole rings is 1. The Labute approximate surface area is 143 Å². The van der Waals surface area contributed by atoms with E-state index in [2.05, 4.69) is 45.0 Å². The van der Waals surface area contributed by atoms with Crippen LogP contribution in [0.1, 0.15) is 59.3 Å². The van der Waals surface area contributed by atoms with E-state index in [0.29, 0.717) is 0 Å². The number of benzene rings is 1. The minimum Gasteiger partial charge on any atom is -0.230 e. The van der Waals surface area contributed by atoms with Gasteiger partial charge in [0.2, 0.25) is 0 Å². The van der Waals surface area contributed by atoms with E-state index in [9.17, 15) is 0 Å². The highest BCUT2D eigenvalue weighted by Crippen LogP contribution is 2.31. The van der Waals surface area contributed by atoms with Crippen LogP contribution in [-0.4, -0.2) is 10.7 Å². The first-order chi connectivity index (χ1) is 10.7. The van der Waals surface area contributed by atoms with Crippen LogP contribution in [0.25, 0.3) is 10.2 Å². The third-order valence-electron chi connectivity index (χ3n) is 4.21. The predicted molar refractivity (Wildman–Crippen MR) is 102 cm³/mol. The monoisotopic (exact) mass is 335 g/mol. The molecule has 0 saturated heterocycles. The molecular weight excluding hydrogens is 306 g/mol. The number of aromatic nitrogens is 1. The quantitative estimate of drug-likeness (QED) is 0.433. The molecule has 0 aliphatic rings. The predicted octanol–water partition coefficient (Wildman–Crippen LogP) is 7.02. The Balaban J connectivity index is 1.66. The van der Waals surface area contributed by atoms with Gasteiger partial charge >= 0.3 is 0 Å². The van der Waals surface area contributed by atoms with Gasteiger partial charge in [-0.2, -0.15) is 0 Å². The van der Waals surface area contributed by atoms with E-state index in [4.69, 9.17) is 4.98 Å². The molecule has 0 spiro atoms. The summed E-state index contributed by atoms with van der Waals surface area (Å²) in [5.41, 5.74) is 1.15. The van der Waals surface area contributed by atoms with Crippen molar-refractivity contribution >= 4 is 33.3 Å². The molecule has 2 aromatic rings. The average molecular weight is 336 g/mol. The van der Waals surface area contributed by atoms with Gasteiger partial charge < -0.3 is 0 Å². The number of thioether (sulfide) groups is 1. The largest absolute Gasteiger partial charge is 0.230 e. The number of rotatable bonds is 10. The number of hydrogen-bond donors (Lipinski definition) is 0. The second-order valence-electron chi connectivity index (χ2n) is 6.54. The average Bonchev–Trinajstić information content (AvgIpc) is 2.94. The van der Waals surface area contributed by atoms with E-state index >= 15 is 0 Å². The first-order valence-electron chi connectivity index (χ1n) is 8.67. The van der Waals surface area contributed by atoms with Crippen molar-refractivity contribution in [3.8, 4) is 0 Å². The van der Waals surface area contributed by atoms with Crippen LogP contribution in [0, 0.1) is 11.8 Å². The zero-order chi connectivity index (χ0) is 15.8. The van der Waals surface area contributed by atoms with Gasteiger partial charge in [-0.3, -0.25) is 0 Å². The molecule has 2 atom stereocenters. The van der Waals surface area contributed by atoms with Crippen molar-refractivity contribution in [2.45, 2.75) is 63.6 Å². The molecular formula is C19H29NS2. The lowest BCUT2D eigenvalue weighted by atomic mass is 9.95. The summed E-state index contributed by atoms with van der Waals surface area (Å²) in [6.45, 7) is 7.08. The Bertz CT molecular complexity index is 516. The molecule has 0 bridgehead atoms. The molecule has 0 aliphatic heterocycles. The van der Waals surface area contributed by atoms with Crippen molar-refractivity contribution in [1.29, 1.82) is 0 Å². The molecule has 3 heteroatoms. The van der Waals surface area contributed by atoms with Crippen molar-refractivity contribution in [2.24, 2.45) is 11.8 Å². The van der Waals surface area contributed by atoms with Gasteiger partial charge in [0, 0.05) is 5.75 Å². The van der Waals surface area contributed by atoms with E-state index in [1.54, 1.807) is 0 Å². The number of fused-ring (bicyclic) bond motifs is 1. The third-order valence-corrected chi connectivity index (χ3v) is 6.72. The minimum absolute atomic E-state index is 0.787. The molecule has 0 radical (unpaired) electrons. The third kappa shape index (κ3) is 5.92. The second kappa shape index (κ2) is 9.57. The van der Waals surface area contributed by atoms with Gasteiger partial charge in [-0.25, -0.2) is 4.98 Å². The molecule has 2 rings (SSSR count). The van der Waals surface area contributed by atoms with Crippen molar-refractivity contribution in [3.05, 3.63) is 24.3 Å². The Kier molecular flexibility index (Phi) is 7.74. The zero-order valence-electron chi connectivity index (χ0n) is 14.2. The van der Waals surface area contributed by atoms with Crippen LogP contribution >= 0.6 is 23.1 Å². The highest BCUT2D eigenvalue weighted by molar-refractivity contribution is 8.01. The first-order valence-corrected chi connectivity index (χ1v) is 10.5. The molecule has 1 aromatic heterocycles. The number of para-hydroxylation sites is 1. The molecule has 0 fully saturated rings. The van der Waals surface area contributed by atoms with E-state index in [-0.39, 0.29) is 0 Å². The lowest BCUT2D eigenvalue weighted by Crippen LogP contribution is -2.01. The second-order valence-corrected chi connectivity index (χ2v) is 8.84. The summed E-state index contributed by atoms with van der Waals surface area (Å²) in [4.78, 5) is 4.71. The van der Waals surface area contributed by atoms with Crippen molar-refractivity contribution in [2.75, 3.05) is 5.75 Å². The van der Waals surface area contributed by atoms with Crippen LogP contribution in [0.3, 0.4) is 0 Å². The van der Waals surface area contributed by atoms with Crippen LogP contribution < -0.4 is 0 Å². The molecule has 0 unspecified atom stereocenters. The zero-order valence-corrected chi connectivity index (χ0v) is 15.8. The number of hydrogen-bond acceptors (Lipinski definition) is 3. The van der Waals surface area contributed by atoms with Crippen LogP contribution in [0.4, 0.5) is 0 Å². The maximum atomic E-state index is 4.71. The van der Waals surface area contributed by atoms with Crippen LogP contribution in [0.5, 0.6) is 0 Å². The summed E-state index contributed by atoms with van der Waals surface area (Å²) < 4.78 is 2.53.